The van der Waals surface area contributed by atoms with Gasteiger partial charge in [0.05, 0.1) is 35.8 Å². The fourth-order valence-corrected chi connectivity index (χ4v) is 4.77. The van der Waals surface area contributed by atoms with E-state index in [0.717, 1.165) is 63.5 Å². The maximum absolute atomic E-state index is 5.50. The number of nitrogens with zero attached hydrogens (tertiary/aromatic N) is 4. The summed E-state index contributed by atoms with van der Waals surface area (Å²) in [5.74, 6) is 0. The summed E-state index contributed by atoms with van der Waals surface area (Å²) in [5.41, 5.74) is 8.42. The summed E-state index contributed by atoms with van der Waals surface area (Å²) in [6.45, 7) is 1.58. The Bertz CT molecular complexity index is 1500. The number of fused-ring (bicyclic) bond motifs is 2. The highest BCUT2D eigenvalue weighted by Gasteiger charge is 2.30. The summed E-state index contributed by atoms with van der Waals surface area (Å²) < 4.78 is 7.60. The Hall–Kier alpha value is -4.22. The van der Waals surface area contributed by atoms with Crippen molar-refractivity contribution in [3.63, 3.8) is 0 Å². The molecule has 2 heterocycles. The minimum Gasteiger partial charge on any atom is -0.371 e. The van der Waals surface area contributed by atoms with E-state index in [-0.39, 0.29) is 6.10 Å². The second kappa shape index (κ2) is 7.68. The molecule has 1 aromatic heterocycles. The highest BCUT2D eigenvalue weighted by molar-refractivity contribution is 6.27. The van der Waals surface area contributed by atoms with Gasteiger partial charge in [0.1, 0.15) is 11.8 Å². The molecular weight excluding hydrogens is 420 g/mol. The molecule has 7 rings (SSSR count). The molecule has 2 aliphatic rings. The molecule has 5 aromatic rings. The van der Waals surface area contributed by atoms with E-state index >= 15 is 0 Å². The SMILES string of the molecule is c1ccc(N(N=C2c3ccccc3-c3nn(CC4CO4)c4cccc2c34)c2ccccc2)cc1. The fourth-order valence-electron chi connectivity index (χ4n) is 4.77. The van der Waals surface area contributed by atoms with Gasteiger partial charge in [0.15, 0.2) is 0 Å². The molecule has 0 bridgehead atoms. The summed E-state index contributed by atoms with van der Waals surface area (Å²) in [6, 6.07) is 35.4. The van der Waals surface area contributed by atoms with E-state index in [0.29, 0.717) is 0 Å². The highest BCUT2D eigenvalue weighted by atomic mass is 16.6. The van der Waals surface area contributed by atoms with Crippen molar-refractivity contribution in [3.8, 4) is 11.3 Å². The summed E-state index contributed by atoms with van der Waals surface area (Å²) in [6.07, 6.45) is 0.260. The van der Waals surface area contributed by atoms with Crippen LogP contribution < -0.4 is 5.01 Å². The van der Waals surface area contributed by atoms with Crippen LogP contribution in [0.2, 0.25) is 0 Å². The normalized spacial score (nSPS) is 17.1. The average Bonchev–Trinajstić information content (AvgIpc) is 3.65. The van der Waals surface area contributed by atoms with Gasteiger partial charge in [-0.25, -0.2) is 5.01 Å². The van der Waals surface area contributed by atoms with Gasteiger partial charge < -0.3 is 4.74 Å². The van der Waals surface area contributed by atoms with Gasteiger partial charge in [-0.2, -0.15) is 10.2 Å². The van der Waals surface area contributed by atoms with E-state index in [1.165, 1.54) is 0 Å². The van der Waals surface area contributed by atoms with Gasteiger partial charge in [-0.1, -0.05) is 72.8 Å². The van der Waals surface area contributed by atoms with Crippen LogP contribution in [-0.2, 0) is 11.3 Å². The van der Waals surface area contributed by atoms with E-state index in [9.17, 15) is 0 Å². The third-order valence-corrected chi connectivity index (χ3v) is 6.45. The lowest BCUT2D eigenvalue weighted by Gasteiger charge is -2.24. The molecule has 1 aliphatic heterocycles. The number of ether oxygens (including phenoxy) is 1. The summed E-state index contributed by atoms with van der Waals surface area (Å²) in [7, 11) is 0. The number of para-hydroxylation sites is 2. The van der Waals surface area contributed by atoms with Crippen molar-refractivity contribution in [1.82, 2.24) is 9.78 Å². The molecular formula is C29H22N4O. The lowest BCUT2D eigenvalue weighted by Crippen LogP contribution is -2.17. The average molecular weight is 443 g/mol. The Morgan fingerprint density at radius 2 is 1.38 bits per heavy atom. The number of epoxide rings is 1. The first-order valence-corrected chi connectivity index (χ1v) is 11.6. The van der Waals surface area contributed by atoms with Gasteiger partial charge in [-0.15, -0.1) is 0 Å². The van der Waals surface area contributed by atoms with Crippen LogP contribution in [0.4, 0.5) is 11.4 Å². The molecule has 0 radical (unpaired) electrons. The van der Waals surface area contributed by atoms with Gasteiger partial charge in [0, 0.05) is 22.1 Å². The van der Waals surface area contributed by atoms with E-state index in [1.54, 1.807) is 0 Å². The Balaban J connectivity index is 1.49. The first-order chi connectivity index (χ1) is 16.9. The standard InChI is InChI=1S/C29H22N4O/c1-3-10-20(11-4-1)33(21-12-5-2-6-13-21)31-28-23-14-7-8-15-24(23)29-27-25(28)16-9-17-26(27)32(30-29)18-22-19-34-22/h1-17,22H,18-19H2. The second-order valence-electron chi connectivity index (χ2n) is 8.66. The van der Waals surface area contributed by atoms with E-state index < -0.39 is 0 Å². The Kier molecular flexibility index (Phi) is 4.35. The van der Waals surface area contributed by atoms with Crippen molar-refractivity contribution in [2.75, 3.05) is 11.6 Å². The topological polar surface area (TPSA) is 46.0 Å². The lowest BCUT2D eigenvalue weighted by molar-refractivity contribution is 0.377. The largest absolute Gasteiger partial charge is 0.371 e. The molecule has 1 unspecified atom stereocenters. The zero-order valence-electron chi connectivity index (χ0n) is 18.5. The first kappa shape index (κ1) is 19.3. The van der Waals surface area contributed by atoms with Crippen LogP contribution in [0.1, 0.15) is 11.1 Å². The quantitative estimate of drug-likeness (QED) is 0.243. The highest BCUT2D eigenvalue weighted by Crippen LogP contribution is 2.40. The van der Waals surface area contributed by atoms with Crippen molar-refractivity contribution >= 4 is 28.0 Å². The zero-order valence-corrected chi connectivity index (χ0v) is 18.5. The zero-order chi connectivity index (χ0) is 22.5. The molecule has 0 saturated carbocycles. The number of anilines is 2. The van der Waals surface area contributed by atoms with Crippen molar-refractivity contribution in [3.05, 3.63) is 114 Å². The molecule has 1 aliphatic carbocycles. The van der Waals surface area contributed by atoms with Crippen LogP contribution in [0.15, 0.2) is 108 Å². The number of hydrazone groups is 1. The molecule has 5 nitrogen and oxygen atoms in total. The van der Waals surface area contributed by atoms with Crippen LogP contribution in [0.5, 0.6) is 0 Å². The van der Waals surface area contributed by atoms with Gasteiger partial charge in [0.25, 0.3) is 0 Å². The maximum Gasteiger partial charge on any atom is 0.102 e. The Morgan fingerprint density at radius 1 is 0.765 bits per heavy atom. The molecule has 1 fully saturated rings. The van der Waals surface area contributed by atoms with Gasteiger partial charge in [0.2, 0.25) is 0 Å². The second-order valence-corrected chi connectivity index (χ2v) is 8.66. The van der Waals surface area contributed by atoms with E-state index in [1.807, 2.05) is 41.4 Å². The van der Waals surface area contributed by atoms with Gasteiger partial charge >= 0.3 is 0 Å². The minimum absolute atomic E-state index is 0.260. The number of hydrogen-bond donors (Lipinski definition) is 0. The molecule has 1 atom stereocenters. The van der Waals surface area contributed by atoms with Crippen LogP contribution in [-0.4, -0.2) is 28.2 Å². The van der Waals surface area contributed by atoms with E-state index in [2.05, 4.69) is 71.4 Å². The smallest absolute Gasteiger partial charge is 0.102 e. The van der Waals surface area contributed by atoms with Gasteiger partial charge in [-0.05, 0) is 30.3 Å². The molecule has 164 valence electrons. The molecule has 1 saturated heterocycles. The lowest BCUT2D eigenvalue weighted by atomic mass is 9.87. The molecule has 0 N–H and O–H groups in total. The van der Waals surface area contributed by atoms with Crippen LogP contribution in [0, 0.1) is 0 Å². The van der Waals surface area contributed by atoms with E-state index in [4.69, 9.17) is 14.9 Å². The third-order valence-electron chi connectivity index (χ3n) is 6.45. The fraction of sp³-hybridized carbons (Fsp3) is 0.103. The van der Waals surface area contributed by atoms with Crippen LogP contribution in [0.25, 0.3) is 22.2 Å². The van der Waals surface area contributed by atoms with Crippen LogP contribution >= 0.6 is 0 Å². The van der Waals surface area contributed by atoms with Gasteiger partial charge in [-0.3, -0.25) is 4.68 Å². The monoisotopic (exact) mass is 442 g/mol. The Morgan fingerprint density at radius 3 is 2.06 bits per heavy atom. The predicted molar refractivity (Wildman–Crippen MR) is 136 cm³/mol. The van der Waals surface area contributed by atoms with Crippen molar-refractivity contribution < 1.29 is 4.74 Å². The predicted octanol–water partition coefficient (Wildman–Crippen LogP) is 6.01. The molecule has 0 amide bonds. The number of benzene rings is 4. The van der Waals surface area contributed by atoms with Crippen molar-refractivity contribution in [1.29, 1.82) is 0 Å². The molecule has 34 heavy (non-hydrogen) atoms. The van der Waals surface area contributed by atoms with Crippen molar-refractivity contribution in [2.45, 2.75) is 12.6 Å². The number of hydrogen-bond acceptors (Lipinski definition) is 4. The molecule has 0 spiro atoms. The van der Waals surface area contributed by atoms with Crippen molar-refractivity contribution in [2.24, 2.45) is 5.10 Å². The summed E-state index contributed by atoms with van der Waals surface area (Å²) in [4.78, 5) is 0. The molecule has 4 aromatic carbocycles. The summed E-state index contributed by atoms with van der Waals surface area (Å²) in [5, 5.41) is 13.5. The first-order valence-electron chi connectivity index (χ1n) is 11.6. The Labute approximate surface area is 197 Å². The number of rotatable bonds is 5. The third kappa shape index (κ3) is 3.13. The number of aromatic nitrogens is 2. The van der Waals surface area contributed by atoms with Crippen LogP contribution in [0.3, 0.4) is 0 Å². The maximum atomic E-state index is 5.50. The molecule has 5 heteroatoms. The minimum atomic E-state index is 0.260. The summed E-state index contributed by atoms with van der Waals surface area (Å²) >= 11 is 0.